The van der Waals surface area contributed by atoms with Crippen LogP contribution in [0.3, 0.4) is 0 Å². The van der Waals surface area contributed by atoms with Crippen LogP contribution in [0.2, 0.25) is 0 Å². The first-order chi connectivity index (χ1) is 7.26. The highest BCUT2D eigenvalue weighted by Gasteiger charge is 2.19. The molecule has 0 saturated carbocycles. The van der Waals surface area contributed by atoms with E-state index in [9.17, 15) is 0 Å². The highest BCUT2D eigenvalue weighted by molar-refractivity contribution is 4.74. The van der Waals surface area contributed by atoms with Crippen LogP contribution in [0, 0.1) is 0 Å². The van der Waals surface area contributed by atoms with Crippen LogP contribution in [0.25, 0.3) is 0 Å². The van der Waals surface area contributed by atoms with E-state index in [-0.39, 0.29) is 0 Å². The Bertz CT molecular complexity index is 162. The Morgan fingerprint density at radius 2 is 2.27 bits per heavy atom. The first-order valence-electron chi connectivity index (χ1n) is 6.35. The highest BCUT2D eigenvalue weighted by Crippen LogP contribution is 2.13. The summed E-state index contributed by atoms with van der Waals surface area (Å²) in [6.07, 6.45) is 5.16. The Hall–Kier alpha value is -0.120. The molecule has 0 aliphatic carbocycles. The van der Waals surface area contributed by atoms with Crippen molar-refractivity contribution in [3.8, 4) is 0 Å². The van der Waals surface area contributed by atoms with Crippen LogP contribution in [0.15, 0.2) is 0 Å². The van der Waals surface area contributed by atoms with Crippen LogP contribution in [0.5, 0.6) is 0 Å². The average molecular weight is 214 g/mol. The zero-order chi connectivity index (χ0) is 11.1. The van der Waals surface area contributed by atoms with E-state index in [4.69, 9.17) is 10.5 Å². The summed E-state index contributed by atoms with van der Waals surface area (Å²) in [4.78, 5) is 2.50. The standard InChI is InChI=1S/C12H26N2O/c1-3-11(13)7-9-14-8-5-6-12(10-14)15-4-2/h11-12H,3-10,13H2,1-2H3. The van der Waals surface area contributed by atoms with Gasteiger partial charge in [0.15, 0.2) is 0 Å². The molecule has 1 fully saturated rings. The van der Waals surface area contributed by atoms with Gasteiger partial charge in [-0.05, 0) is 45.7 Å². The van der Waals surface area contributed by atoms with Gasteiger partial charge in [0.05, 0.1) is 6.10 Å². The summed E-state index contributed by atoms with van der Waals surface area (Å²) in [6, 6.07) is 0.373. The van der Waals surface area contributed by atoms with Crippen molar-refractivity contribution in [3.63, 3.8) is 0 Å². The van der Waals surface area contributed by atoms with Gasteiger partial charge in [-0.3, -0.25) is 0 Å². The van der Waals surface area contributed by atoms with E-state index in [1.54, 1.807) is 0 Å². The molecule has 2 unspecified atom stereocenters. The van der Waals surface area contributed by atoms with Gasteiger partial charge in [-0.2, -0.15) is 0 Å². The minimum atomic E-state index is 0.373. The number of nitrogens with zero attached hydrogens (tertiary/aromatic N) is 1. The molecule has 0 aromatic rings. The first-order valence-corrected chi connectivity index (χ1v) is 6.35. The quantitative estimate of drug-likeness (QED) is 0.730. The molecule has 1 aliphatic heterocycles. The third kappa shape index (κ3) is 4.96. The van der Waals surface area contributed by atoms with Gasteiger partial charge in [0.2, 0.25) is 0 Å². The summed E-state index contributed by atoms with van der Waals surface area (Å²) in [6.45, 7) is 8.53. The molecule has 0 spiro atoms. The predicted octanol–water partition coefficient (Wildman–Crippen LogP) is 1.61. The average Bonchev–Trinajstić information content (AvgIpc) is 2.27. The lowest BCUT2D eigenvalue weighted by molar-refractivity contribution is 0.00529. The zero-order valence-electron chi connectivity index (χ0n) is 10.2. The van der Waals surface area contributed by atoms with Gasteiger partial charge in [-0.1, -0.05) is 6.92 Å². The predicted molar refractivity (Wildman–Crippen MR) is 64.0 cm³/mol. The molecular formula is C12H26N2O. The Kier molecular flexibility index (Phi) is 6.22. The van der Waals surface area contributed by atoms with Crippen molar-refractivity contribution < 1.29 is 4.74 Å². The number of nitrogens with two attached hydrogens (primary N) is 1. The fourth-order valence-electron chi connectivity index (χ4n) is 2.14. The van der Waals surface area contributed by atoms with Gasteiger partial charge in [0, 0.05) is 19.2 Å². The third-order valence-electron chi connectivity index (χ3n) is 3.21. The fourth-order valence-corrected chi connectivity index (χ4v) is 2.14. The summed E-state index contributed by atoms with van der Waals surface area (Å²) < 4.78 is 5.67. The fraction of sp³-hybridized carbons (Fsp3) is 1.00. The Balaban J connectivity index is 2.18. The molecule has 3 heteroatoms. The van der Waals surface area contributed by atoms with E-state index >= 15 is 0 Å². The van der Waals surface area contributed by atoms with Crippen LogP contribution >= 0.6 is 0 Å². The second kappa shape index (κ2) is 7.20. The lowest BCUT2D eigenvalue weighted by Gasteiger charge is -2.32. The molecule has 1 heterocycles. The van der Waals surface area contributed by atoms with Gasteiger partial charge >= 0.3 is 0 Å². The summed E-state index contributed by atoms with van der Waals surface area (Å²) in [5.74, 6) is 0. The van der Waals surface area contributed by atoms with Crippen LogP contribution in [0.4, 0.5) is 0 Å². The molecule has 1 saturated heterocycles. The van der Waals surface area contributed by atoms with Crippen molar-refractivity contribution in [1.82, 2.24) is 4.90 Å². The maximum atomic E-state index is 5.93. The number of rotatable bonds is 6. The Morgan fingerprint density at radius 1 is 1.47 bits per heavy atom. The zero-order valence-corrected chi connectivity index (χ0v) is 10.2. The van der Waals surface area contributed by atoms with Gasteiger partial charge in [0.25, 0.3) is 0 Å². The summed E-state index contributed by atoms with van der Waals surface area (Å²) in [7, 11) is 0. The molecule has 1 rings (SSSR count). The van der Waals surface area contributed by atoms with Crippen molar-refractivity contribution in [2.75, 3.05) is 26.2 Å². The lowest BCUT2D eigenvalue weighted by atomic mass is 10.1. The van der Waals surface area contributed by atoms with E-state index in [1.165, 1.54) is 19.4 Å². The van der Waals surface area contributed by atoms with Crippen molar-refractivity contribution in [1.29, 1.82) is 0 Å². The van der Waals surface area contributed by atoms with E-state index in [0.29, 0.717) is 12.1 Å². The molecule has 15 heavy (non-hydrogen) atoms. The van der Waals surface area contributed by atoms with Crippen LogP contribution in [0.1, 0.15) is 39.5 Å². The third-order valence-corrected chi connectivity index (χ3v) is 3.21. The SMILES string of the molecule is CCOC1CCCN(CCC(N)CC)C1. The van der Waals surface area contributed by atoms with Gasteiger partial charge in [-0.25, -0.2) is 0 Å². The number of likely N-dealkylation sites (tertiary alicyclic amines) is 1. The maximum absolute atomic E-state index is 5.93. The minimum absolute atomic E-state index is 0.373. The summed E-state index contributed by atoms with van der Waals surface area (Å²) in [5.41, 5.74) is 5.93. The van der Waals surface area contributed by atoms with Crippen LogP contribution < -0.4 is 5.73 Å². The Morgan fingerprint density at radius 3 is 2.93 bits per heavy atom. The van der Waals surface area contributed by atoms with Crippen molar-refractivity contribution >= 4 is 0 Å². The second-order valence-electron chi connectivity index (χ2n) is 4.48. The number of piperidine rings is 1. The molecule has 90 valence electrons. The largest absolute Gasteiger partial charge is 0.377 e. The normalized spacial score (nSPS) is 25.4. The van der Waals surface area contributed by atoms with E-state index in [0.717, 1.165) is 32.5 Å². The van der Waals surface area contributed by atoms with Crippen molar-refractivity contribution in [3.05, 3.63) is 0 Å². The first kappa shape index (κ1) is 12.9. The Labute approximate surface area is 94.0 Å². The lowest BCUT2D eigenvalue weighted by Crippen LogP contribution is -2.41. The monoisotopic (exact) mass is 214 g/mol. The van der Waals surface area contributed by atoms with Gasteiger partial charge < -0.3 is 15.4 Å². The van der Waals surface area contributed by atoms with Gasteiger partial charge in [-0.15, -0.1) is 0 Å². The van der Waals surface area contributed by atoms with Crippen molar-refractivity contribution in [2.24, 2.45) is 5.73 Å². The number of hydrogen-bond acceptors (Lipinski definition) is 3. The molecule has 0 amide bonds. The van der Waals surface area contributed by atoms with Crippen LogP contribution in [-0.4, -0.2) is 43.3 Å². The molecule has 0 aromatic carbocycles. The molecule has 2 N–H and O–H groups in total. The number of ether oxygens (including phenoxy) is 1. The summed E-state index contributed by atoms with van der Waals surface area (Å²) in [5, 5.41) is 0. The highest BCUT2D eigenvalue weighted by atomic mass is 16.5. The number of hydrogen-bond donors (Lipinski definition) is 1. The summed E-state index contributed by atoms with van der Waals surface area (Å²) >= 11 is 0. The smallest absolute Gasteiger partial charge is 0.0702 e. The van der Waals surface area contributed by atoms with Crippen molar-refractivity contribution in [2.45, 2.75) is 51.7 Å². The van der Waals surface area contributed by atoms with E-state index < -0.39 is 0 Å². The minimum Gasteiger partial charge on any atom is -0.377 e. The molecule has 0 radical (unpaired) electrons. The molecule has 3 nitrogen and oxygen atoms in total. The topological polar surface area (TPSA) is 38.5 Å². The molecule has 2 atom stereocenters. The molecular weight excluding hydrogens is 188 g/mol. The second-order valence-corrected chi connectivity index (χ2v) is 4.48. The maximum Gasteiger partial charge on any atom is 0.0702 e. The molecule has 1 aliphatic rings. The van der Waals surface area contributed by atoms with Crippen LogP contribution in [-0.2, 0) is 4.74 Å². The van der Waals surface area contributed by atoms with E-state index in [1.807, 2.05) is 0 Å². The van der Waals surface area contributed by atoms with E-state index in [2.05, 4.69) is 18.7 Å². The molecule has 0 bridgehead atoms. The van der Waals surface area contributed by atoms with Gasteiger partial charge in [0.1, 0.15) is 0 Å². The molecule has 0 aromatic heterocycles.